The van der Waals surface area contributed by atoms with Gasteiger partial charge in [-0.2, -0.15) is 9.29 Å². The molecule has 128 valence electrons. The summed E-state index contributed by atoms with van der Waals surface area (Å²) in [5.74, 6) is 0.481. The highest BCUT2D eigenvalue weighted by molar-refractivity contribution is 7.89. The Labute approximate surface area is 146 Å². The monoisotopic (exact) mass is 367 g/mol. The van der Waals surface area contributed by atoms with Crippen molar-refractivity contribution in [3.05, 3.63) is 47.4 Å². The summed E-state index contributed by atoms with van der Waals surface area (Å²) in [7, 11) is -3.42. The molecule has 1 saturated heterocycles. The van der Waals surface area contributed by atoms with Crippen molar-refractivity contribution in [3.8, 4) is 5.88 Å². The van der Waals surface area contributed by atoms with Crippen LogP contribution in [0.2, 0.25) is 5.15 Å². The van der Waals surface area contributed by atoms with Gasteiger partial charge in [0.2, 0.25) is 15.9 Å². The van der Waals surface area contributed by atoms with Gasteiger partial charge < -0.3 is 4.74 Å². The smallest absolute Gasteiger partial charge is 0.243 e. The lowest BCUT2D eigenvalue weighted by molar-refractivity contribution is 0.126. The minimum atomic E-state index is -3.42. The van der Waals surface area contributed by atoms with Crippen molar-refractivity contribution >= 4 is 21.6 Å². The maximum absolute atomic E-state index is 12.5. The first-order valence-electron chi connectivity index (χ1n) is 7.68. The van der Waals surface area contributed by atoms with Crippen LogP contribution < -0.4 is 4.74 Å². The number of rotatable bonds is 6. The molecule has 3 rings (SSSR count). The van der Waals surface area contributed by atoms with E-state index < -0.39 is 10.0 Å². The molecule has 0 spiro atoms. The zero-order valence-corrected chi connectivity index (χ0v) is 14.8. The average Bonchev–Trinajstić information content (AvgIpc) is 2.53. The highest BCUT2D eigenvalue weighted by atomic mass is 35.5. The fourth-order valence-electron chi connectivity index (χ4n) is 2.47. The van der Waals surface area contributed by atoms with Crippen LogP contribution in [0.1, 0.15) is 12.5 Å². The summed E-state index contributed by atoms with van der Waals surface area (Å²) in [5, 5.41) is 0.265. The molecule has 2 aromatic rings. The molecular weight excluding hydrogens is 350 g/mol. The van der Waals surface area contributed by atoms with Crippen LogP contribution in [0.5, 0.6) is 5.88 Å². The topological polar surface area (TPSA) is 72.4 Å². The van der Waals surface area contributed by atoms with Gasteiger partial charge in [0, 0.05) is 19.0 Å². The Morgan fingerprint density at radius 1 is 1.25 bits per heavy atom. The molecule has 8 heteroatoms. The maximum Gasteiger partial charge on any atom is 0.243 e. The van der Waals surface area contributed by atoms with Gasteiger partial charge in [0.05, 0.1) is 23.9 Å². The minimum Gasteiger partial charge on any atom is -0.476 e. The predicted molar refractivity (Wildman–Crippen MR) is 90.6 cm³/mol. The van der Waals surface area contributed by atoms with Crippen molar-refractivity contribution in [3.63, 3.8) is 0 Å². The minimum absolute atomic E-state index is 0.135. The van der Waals surface area contributed by atoms with Gasteiger partial charge in [-0.1, -0.05) is 30.7 Å². The van der Waals surface area contributed by atoms with Crippen LogP contribution >= 0.6 is 11.6 Å². The van der Waals surface area contributed by atoms with Crippen LogP contribution in [0.4, 0.5) is 0 Å². The van der Waals surface area contributed by atoms with E-state index in [1.807, 2.05) is 19.1 Å². The second-order valence-electron chi connectivity index (χ2n) is 5.68. The summed E-state index contributed by atoms with van der Waals surface area (Å²) in [6.45, 7) is 3.29. The SMILES string of the molecule is CCc1ccc(S(=O)(=O)N2CC(COc3cncc(Cl)n3)C2)cc1. The molecule has 0 unspecified atom stereocenters. The van der Waals surface area contributed by atoms with Crippen LogP contribution in [0.3, 0.4) is 0 Å². The van der Waals surface area contributed by atoms with Gasteiger partial charge in [-0.05, 0) is 24.1 Å². The van der Waals surface area contributed by atoms with Crippen LogP contribution in [-0.2, 0) is 16.4 Å². The van der Waals surface area contributed by atoms with E-state index in [2.05, 4.69) is 9.97 Å². The molecule has 24 heavy (non-hydrogen) atoms. The van der Waals surface area contributed by atoms with E-state index in [1.165, 1.54) is 16.7 Å². The molecule has 0 radical (unpaired) electrons. The molecule has 0 saturated carbocycles. The Bertz CT molecular complexity index is 806. The van der Waals surface area contributed by atoms with E-state index >= 15 is 0 Å². The van der Waals surface area contributed by atoms with Crippen molar-refractivity contribution in [2.75, 3.05) is 19.7 Å². The lowest BCUT2D eigenvalue weighted by atomic mass is 10.1. The van der Waals surface area contributed by atoms with Crippen LogP contribution in [-0.4, -0.2) is 42.4 Å². The van der Waals surface area contributed by atoms with Gasteiger partial charge in [-0.25, -0.2) is 8.42 Å². The second kappa shape index (κ2) is 7.04. The summed E-state index contributed by atoms with van der Waals surface area (Å²) in [4.78, 5) is 8.21. The number of nitrogens with zero attached hydrogens (tertiary/aromatic N) is 3. The third-order valence-electron chi connectivity index (χ3n) is 3.94. The van der Waals surface area contributed by atoms with Gasteiger partial charge in [-0.15, -0.1) is 0 Å². The van der Waals surface area contributed by atoms with Crippen LogP contribution in [0, 0.1) is 5.92 Å². The zero-order valence-electron chi connectivity index (χ0n) is 13.2. The number of hydrogen-bond acceptors (Lipinski definition) is 5. The quantitative estimate of drug-likeness (QED) is 0.783. The summed E-state index contributed by atoms with van der Waals surface area (Å²) < 4.78 is 32.0. The van der Waals surface area contributed by atoms with E-state index in [1.54, 1.807) is 12.1 Å². The lowest BCUT2D eigenvalue weighted by Gasteiger charge is -2.37. The molecule has 1 aromatic heterocycles. The molecule has 1 fully saturated rings. The van der Waals surface area contributed by atoms with Gasteiger partial charge in [0.1, 0.15) is 0 Å². The fourth-order valence-corrected chi connectivity index (χ4v) is 4.20. The Morgan fingerprint density at radius 3 is 2.58 bits per heavy atom. The molecule has 6 nitrogen and oxygen atoms in total. The number of aromatic nitrogens is 2. The molecule has 1 aromatic carbocycles. The summed E-state index contributed by atoms with van der Waals surface area (Å²) in [6, 6.07) is 7.04. The Balaban J connectivity index is 1.55. The number of halogens is 1. The third kappa shape index (κ3) is 3.68. The average molecular weight is 368 g/mol. The molecule has 1 aliphatic heterocycles. The van der Waals surface area contributed by atoms with E-state index in [-0.39, 0.29) is 11.1 Å². The highest BCUT2D eigenvalue weighted by Gasteiger charge is 2.37. The van der Waals surface area contributed by atoms with E-state index in [0.29, 0.717) is 30.5 Å². The highest BCUT2D eigenvalue weighted by Crippen LogP contribution is 2.26. The van der Waals surface area contributed by atoms with Gasteiger partial charge >= 0.3 is 0 Å². The first-order chi connectivity index (χ1) is 11.5. The zero-order chi connectivity index (χ0) is 17.2. The standard InChI is InChI=1S/C16H18ClN3O3S/c1-2-12-3-5-14(6-4-12)24(21,22)20-9-13(10-20)11-23-16-8-18-7-15(17)19-16/h3-8,13H,2,9-11H2,1H3. The van der Waals surface area contributed by atoms with E-state index in [4.69, 9.17) is 16.3 Å². The molecule has 0 aliphatic carbocycles. The first kappa shape index (κ1) is 17.1. The molecule has 0 amide bonds. The molecule has 1 aliphatic rings. The van der Waals surface area contributed by atoms with Gasteiger partial charge in [-0.3, -0.25) is 4.98 Å². The number of sulfonamides is 1. The van der Waals surface area contributed by atoms with Crippen molar-refractivity contribution in [1.82, 2.24) is 14.3 Å². The summed E-state index contributed by atoms with van der Waals surface area (Å²) >= 11 is 5.74. The fraction of sp³-hybridized carbons (Fsp3) is 0.375. The normalized spacial score (nSPS) is 15.9. The second-order valence-corrected chi connectivity index (χ2v) is 8.00. The van der Waals surface area contributed by atoms with Crippen molar-refractivity contribution in [1.29, 1.82) is 0 Å². The molecule has 0 bridgehead atoms. The molecule has 2 heterocycles. The van der Waals surface area contributed by atoms with Crippen LogP contribution in [0.25, 0.3) is 0 Å². The molecule has 0 atom stereocenters. The Hall–Kier alpha value is -1.70. The van der Waals surface area contributed by atoms with Gasteiger partial charge in [0.15, 0.2) is 5.15 Å². The van der Waals surface area contributed by atoms with E-state index in [0.717, 1.165) is 12.0 Å². The Morgan fingerprint density at radius 2 is 1.96 bits per heavy atom. The number of ether oxygens (including phenoxy) is 1. The number of hydrogen-bond donors (Lipinski definition) is 0. The lowest BCUT2D eigenvalue weighted by Crippen LogP contribution is -2.51. The number of aryl methyl sites for hydroxylation is 1. The Kier molecular flexibility index (Phi) is 5.03. The maximum atomic E-state index is 12.5. The van der Waals surface area contributed by atoms with Crippen molar-refractivity contribution < 1.29 is 13.2 Å². The van der Waals surface area contributed by atoms with Crippen molar-refractivity contribution in [2.24, 2.45) is 5.92 Å². The van der Waals surface area contributed by atoms with E-state index in [9.17, 15) is 8.42 Å². The summed E-state index contributed by atoms with van der Waals surface area (Å²) in [6.07, 6.45) is 3.79. The molecular formula is C16H18ClN3O3S. The third-order valence-corrected chi connectivity index (χ3v) is 5.97. The summed E-state index contributed by atoms with van der Waals surface area (Å²) in [5.41, 5.74) is 1.12. The van der Waals surface area contributed by atoms with Crippen molar-refractivity contribution in [2.45, 2.75) is 18.2 Å². The first-order valence-corrected chi connectivity index (χ1v) is 9.50. The largest absolute Gasteiger partial charge is 0.476 e. The van der Waals surface area contributed by atoms with Gasteiger partial charge in [0.25, 0.3) is 0 Å². The number of benzene rings is 1. The predicted octanol–water partition coefficient (Wildman–Crippen LogP) is 2.39. The van der Waals surface area contributed by atoms with Crippen LogP contribution in [0.15, 0.2) is 41.6 Å². The molecule has 0 N–H and O–H groups in total.